The van der Waals surface area contributed by atoms with Crippen LogP contribution in [0.5, 0.6) is 0 Å². The molecule has 0 radical (unpaired) electrons. The van der Waals surface area contributed by atoms with Crippen LogP contribution in [0, 0.1) is 5.92 Å². The van der Waals surface area contributed by atoms with E-state index in [1.54, 1.807) is 4.90 Å². The summed E-state index contributed by atoms with van der Waals surface area (Å²) in [6.07, 6.45) is 2.34. The van der Waals surface area contributed by atoms with Gasteiger partial charge in [0.05, 0.1) is 6.10 Å². The van der Waals surface area contributed by atoms with Gasteiger partial charge in [-0.05, 0) is 32.6 Å². The number of carboxylic acids is 1. The fourth-order valence-corrected chi connectivity index (χ4v) is 1.96. The molecular weight excluding hydrogens is 236 g/mol. The highest BCUT2D eigenvalue weighted by Gasteiger charge is 2.28. The first-order chi connectivity index (χ1) is 8.45. The van der Waals surface area contributed by atoms with Gasteiger partial charge < -0.3 is 20.4 Å². The molecular formula is C12H22N2O4. The Hall–Kier alpha value is -1.30. The van der Waals surface area contributed by atoms with E-state index in [1.165, 1.54) is 13.3 Å². The van der Waals surface area contributed by atoms with Crippen LogP contribution in [0.4, 0.5) is 4.79 Å². The third-order valence-corrected chi connectivity index (χ3v) is 3.40. The van der Waals surface area contributed by atoms with Crippen LogP contribution in [0.2, 0.25) is 0 Å². The van der Waals surface area contributed by atoms with Gasteiger partial charge >= 0.3 is 12.0 Å². The number of aliphatic carboxylic acids is 1. The first-order valence-electron chi connectivity index (χ1n) is 6.42. The molecule has 0 aromatic rings. The minimum absolute atomic E-state index is 0.419. The number of hydrogen-bond donors (Lipinski definition) is 3. The predicted molar refractivity (Wildman–Crippen MR) is 66.2 cm³/mol. The number of hydrogen-bond acceptors (Lipinski definition) is 3. The number of aliphatic hydroxyl groups is 1. The zero-order valence-electron chi connectivity index (χ0n) is 10.9. The topological polar surface area (TPSA) is 89.9 Å². The number of carbonyl (C=O) groups is 2. The van der Waals surface area contributed by atoms with Crippen molar-refractivity contribution in [2.75, 3.05) is 13.1 Å². The lowest BCUT2D eigenvalue weighted by molar-refractivity contribution is -0.141. The maximum atomic E-state index is 11.9. The Morgan fingerprint density at radius 1 is 1.44 bits per heavy atom. The molecule has 1 fully saturated rings. The number of nitrogens with one attached hydrogen (secondary N) is 1. The second-order valence-corrected chi connectivity index (χ2v) is 4.84. The number of rotatable bonds is 6. The van der Waals surface area contributed by atoms with Crippen molar-refractivity contribution in [1.29, 1.82) is 0 Å². The van der Waals surface area contributed by atoms with Gasteiger partial charge in [0, 0.05) is 13.1 Å². The molecule has 0 unspecified atom stereocenters. The lowest BCUT2D eigenvalue weighted by atomic mass is 9.85. The molecule has 3 N–H and O–H groups in total. The van der Waals surface area contributed by atoms with Gasteiger partial charge in [-0.3, -0.25) is 0 Å². The fraction of sp³-hybridized carbons (Fsp3) is 0.833. The third-order valence-electron chi connectivity index (χ3n) is 3.40. The van der Waals surface area contributed by atoms with Crippen molar-refractivity contribution in [2.45, 2.75) is 45.3 Å². The van der Waals surface area contributed by atoms with Crippen molar-refractivity contribution in [3.05, 3.63) is 0 Å². The Bertz CT molecular complexity index is 302. The molecule has 0 bridgehead atoms. The lowest BCUT2D eigenvalue weighted by Crippen LogP contribution is -2.53. The van der Waals surface area contributed by atoms with Gasteiger partial charge in [-0.15, -0.1) is 0 Å². The van der Waals surface area contributed by atoms with E-state index in [0.29, 0.717) is 19.0 Å². The molecule has 0 saturated heterocycles. The van der Waals surface area contributed by atoms with Gasteiger partial charge in [-0.2, -0.15) is 0 Å². The summed E-state index contributed by atoms with van der Waals surface area (Å²) in [5.41, 5.74) is 0. The molecule has 1 aliphatic carbocycles. The van der Waals surface area contributed by atoms with Gasteiger partial charge in [0.2, 0.25) is 0 Å². The Balaban J connectivity index is 2.51. The molecule has 0 aromatic carbocycles. The van der Waals surface area contributed by atoms with Gasteiger partial charge in [-0.1, -0.05) is 6.42 Å². The van der Waals surface area contributed by atoms with Crippen LogP contribution in [0.15, 0.2) is 0 Å². The van der Waals surface area contributed by atoms with Crippen molar-refractivity contribution < 1.29 is 19.8 Å². The summed E-state index contributed by atoms with van der Waals surface area (Å²) in [5, 5.41) is 20.6. The van der Waals surface area contributed by atoms with Gasteiger partial charge in [0.25, 0.3) is 0 Å². The molecule has 104 valence electrons. The lowest BCUT2D eigenvalue weighted by Gasteiger charge is -2.32. The maximum Gasteiger partial charge on any atom is 0.328 e. The highest BCUT2D eigenvalue weighted by Crippen LogP contribution is 2.27. The first kappa shape index (κ1) is 14.8. The Kier molecular flexibility index (Phi) is 5.40. The zero-order chi connectivity index (χ0) is 13.7. The minimum atomic E-state index is -1.26. The SMILES string of the molecule is CCN(CC1CCC1)C(=O)N[C@H](C(=O)O)[C@@H](C)O. The number of carboxylic acid groups (broad SMARTS) is 1. The molecule has 1 rings (SSSR count). The first-order valence-corrected chi connectivity index (χ1v) is 6.42. The number of amides is 2. The van der Waals surface area contributed by atoms with Gasteiger partial charge in [-0.25, -0.2) is 9.59 Å². The summed E-state index contributed by atoms with van der Waals surface area (Å²) in [6.45, 7) is 4.40. The number of carbonyl (C=O) groups excluding carboxylic acids is 1. The summed E-state index contributed by atoms with van der Waals surface area (Å²) >= 11 is 0. The van der Waals surface area contributed by atoms with E-state index in [4.69, 9.17) is 5.11 Å². The van der Waals surface area contributed by atoms with Crippen LogP contribution >= 0.6 is 0 Å². The molecule has 1 saturated carbocycles. The summed E-state index contributed by atoms with van der Waals surface area (Å²) in [5.74, 6) is -0.691. The standard InChI is InChI=1S/C12H22N2O4/c1-3-14(7-9-5-4-6-9)12(18)13-10(8(2)15)11(16)17/h8-10,15H,3-7H2,1-2H3,(H,13,18)(H,16,17)/t8-,10+/m1/s1. The molecule has 1 aliphatic rings. The van der Waals surface area contributed by atoms with Crippen LogP contribution in [-0.2, 0) is 4.79 Å². The predicted octanol–water partition coefficient (Wildman–Crippen LogP) is 0.652. The normalized spacial score (nSPS) is 18.6. The molecule has 0 aliphatic heterocycles. The second-order valence-electron chi connectivity index (χ2n) is 4.84. The Morgan fingerprint density at radius 2 is 2.06 bits per heavy atom. The number of aliphatic hydroxyl groups excluding tert-OH is 1. The van der Waals surface area contributed by atoms with Crippen LogP contribution in [0.3, 0.4) is 0 Å². The van der Waals surface area contributed by atoms with Crippen molar-refractivity contribution in [3.63, 3.8) is 0 Å². The summed E-state index contributed by atoms with van der Waals surface area (Å²) in [4.78, 5) is 24.4. The highest BCUT2D eigenvalue weighted by molar-refractivity contribution is 5.83. The smallest absolute Gasteiger partial charge is 0.328 e. The zero-order valence-corrected chi connectivity index (χ0v) is 10.9. The number of nitrogens with zero attached hydrogens (tertiary/aromatic N) is 1. The highest BCUT2D eigenvalue weighted by atomic mass is 16.4. The third kappa shape index (κ3) is 3.87. The average molecular weight is 258 g/mol. The molecule has 0 heterocycles. The molecule has 6 heteroatoms. The van der Waals surface area contributed by atoms with Crippen molar-refractivity contribution in [1.82, 2.24) is 10.2 Å². The van der Waals surface area contributed by atoms with E-state index in [9.17, 15) is 14.7 Å². The van der Waals surface area contributed by atoms with Crippen LogP contribution in [-0.4, -0.2) is 52.3 Å². The van der Waals surface area contributed by atoms with E-state index in [1.807, 2.05) is 6.92 Å². The fourth-order valence-electron chi connectivity index (χ4n) is 1.96. The molecule has 18 heavy (non-hydrogen) atoms. The van der Waals surface area contributed by atoms with Crippen molar-refractivity contribution in [2.24, 2.45) is 5.92 Å². The summed E-state index contributed by atoms with van der Waals surface area (Å²) in [7, 11) is 0. The molecule has 6 nitrogen and oxygen atoms in total. The largest absolute Gasteiger partial charge is 0.480 e. The van der Waals surface area contributed by atoms with Crippen molar-refractivity contribution in [3.8, 4) is 0 Å². The number of urea groups is 1. The molecule has 2 amide bonds. The summed E-state index contributed by atoms with van der Waals surface area (Å²) in [6, 6.07) is -1.68. The van der Waals surface area contributed by atoms with Gasteiger partial charge in [0.15, 0.2) is 6.04 Å². The Morgan fingerprint density at radius 3 is 2.39 bits per heavy atom. The van der Waals surface area contributed by atoms with Crippen LogP contribution in [0.25, 0.3) is 0 Å². The molecule has 0 spiro atoms. The average Bonchev–Trinajstić information content (AvgIpc) is 2.23. The van der Waals surface area contributed by atoms with Crippen LogP contribution in [0.1, 0.15) is 33.1 Å². The molecule has 2 atom stereocenters. The van der Waals surface area contributed by atoms with E-state index >= 15 is 0 Å². The second kappa shape index (κ2) is 6.58. The molecule has 0 aromatic heterocycles. The van der Waals surface area contributed by atoms with E-state index < -0.39 is 24.1 Å². The van der Waals surface area contributed by atoms with E-state index in [2.05, 4.69) is 5.32 Å². The van der Waals surface area contributed by atoms with Gasteiger partial charge in [0.1, 0.15) is 0 Å². The summed E-state index contributed by atoms with van der Waals surface area (Å²) < 4.78 is 0. The van der Waals surface area contributed by atoms with E-state index in [-0.39, 0.29) is 0 Å². The Labute approximate surface area is 107 Å². The van der Waals surface area contributed by atoms with Crippen molar-refractivity contribution >= 4 is 12.0 Å². The monoisotopic (exact) mass is 258 g/mol. The minimum Gasteiger partial charge on any atom is -0.480 e. The quantitative estimate of drug-likeness (QED) is 0.652. The van der Waals surface area contributed by atoms with E-state index in [0.717, 1.165) is 12.8 Å². The maximum absolute atomic E-state index is 11.9. The van der Waals surface area contributed by atoms with Crippen LogP contribution < -0.4 is 5.32 Å².